The third-order valence-corrected chi connectivity index (χ3v) is 6.30. The molecule has 0 atom stereocenters. The van der Waals surface area contributed by atoms with Crippen molar-refractivity contribution in [3.63, 3.8) is 0 Å². The summed E-state index contributed by atoms with van der Waals surface area (Å²) in [7, 11) is -2.90. The molecule has 1 N–H and O–H groups in total. The molecule has 0 saturated heterocycles. The molecule has 0 saturated carbocycles. The minimum Gasteiger partial charge on any atom is -0.452 e. The first kappa shape index (κ1) is 22.2. The number of halogens is 1. The Morgan fingerprint density at radius 2 is 1.58 bits per heavy atom. The first-order valence-corrected chi connectivity index (χ1v) is 11.4. The molecule has 0 aliphatic rings. The number of rotatable bonds is 5. The Morgan fingerprint density at radius 3 is 2.18 bits per heavy atom. The van der Waals surface area contributed by atoms with Crippen LogP contribution in [0.25, 0.3) is 22.6 Å². The van der Waals surface area contributed by atoms with Gasteiger partial charge in [0, 0.05) is 11.1 Å². The fourth-order valence-electron chi connectivity index (χ4n) is 3.28. The van der Waals surface area contributed by atoms with Gasteiger partial charge < -0.3 is 4.74 Å². The van der Waals surface area contributed by atoms with Crippen molar-refractivity contribution in [3.8, 4) is 22.6 Å². The number of anilines is 1. The van der Waals surface area contributed by atoms with Gasteiger partial charge in [-0.3, -0.25) is 4.72 Å². The zero-order chi connectivity index (χ0) is 23.6. The minimum absolute atomic E-state index is 0.0214. The molecule has 7 nitrogen and oxygen atoms in total. The monoisotopic (exact) mass is 465 g/mol. The van der Waals surface area contributed by atoms with Crippen molar-refractivity contribution in [2.45, 2.75) is 11.8 Å². The number of carbonyl (C=O) groups is 1. The number of nitrogens with zero attached hydrogens (tertiary/aromatic N) is 2. The summed E-state index contributed by atoms with van der Waals surface area (Å²) in [5, 5.41) is 0. The van der Waals surface area contributed by atoms with Gasteiger partial charge in [-0.15, -0.1) is 0 Å². The fraction of sp³-hybridized carbons (Fsp3) is 0.0833. The van der Waals surface area contributed by atoms with Crippen LogP contribution in [0, 0.1) is 12.7 Å². The molecule has 33 heavy (non-hydrogen) atoms. The van der Waals surface area contributed by atoms with Gasteiger partial charge in [-0.2, -0.15) is 0 Å². The standard InChI is InChI=1S/C24H20FN3O4S/c1-16-8-14-20(15-9-16)33(30,31)27-23-21(17-6-4-3-5-7-17)26-22(28(23)24(29)32-2)18-10-12-19(25)13-11-18/h3-15,27H,1-2H3. The highest BCUT2D eigenvalue weighted by molar-refractivity contribution is 7.92. The van der Waals surface area contributed by atoms with E-state index in [4.69, 9.17) is 4.74 Å². The molecule has 3 aromatic carbocycles. The van der Waals surface area contributed by atoms with Crippen LogP contribution >= 0.6 is 0 Å². The van der Waals surface area contributed by atoms with Crippen LogP contribution in [-0.2, 0) is 14.8 Å². The van der Waals surface area contributed by atoms with Gasteiger partial charge in [0.1, 0.15) is 11.5 Å². The molecule has 168 valence electrons. The lowest BCUT2D eigenvalue weighted by molar-refractivity contribution is 0.174. The Balaban J connectivity index is 1.96. The fourth-order valence-corrected chi connectivity index (χ4v) is 4.33. The number of benzene rings is 3. The second kappa shape index (κ2) is 8.87. The summed E-state index contributed by atoms with van der Waals surface area (Å²) < 4.78 is 48.4. The molecule has 0 fully saturated rings. The van der Waals surface area contributed by atoms with Crippen molar-refractivity contribution in [2.75, 3.05) is 11.8 Å². The van der Waals surface area contributed by atoms with E-state index in [-0.39, 0.29) is 22.2 Å². The van der Waals surface area contributed by atoms with Crippen LogP contribution in [0.5, 0.6) is 0 Å². The Hall–Kier alpha value is -3.98. The number of aromatic nitrogens is 2. The molecular weight excluding hydrogens is 445 g/mol. The number of sulfonamides is 1. The van der Waals surface area contributed by atoms with E-state index in [2.05, 4.69) is 9.71 Å². The van der Waals surface area contributed by atoms with Crippen LogP contribution in [0.4, 0.5) is 15.0 Å². The number of methoxy groups -OCH3 is 1. The topological polar surface area (TPSA) is 90.3 Å². The quantitative estimate of drug-likeness (QED) is 0.444. The van der Waals surface area contributed by atoms with Crippen LogP contribution in [-0.4, -0.2) is 31.2 Å². The number of imidazole rings is 1. The van der Waals surface area contributed by atoms with Crippen LogP contribution in [0.1, 0.15) is 5.56 Å². The SMILES string of the molecule is COC(=O)n1c(-c2ccc(F)cc2)nc(-c2ccccc2)c1NS(=O)(=O)c1ccc(C)cc1. The van der Waals surface area contributed by atoms with Gasteiger partial charge in [0.05, 0.1) is 12.0 Å². The third kappa shape index (κ3) is 4.49. The number of ether oxygens (including phenoxy) is 1. The zero-order valence-corrected chi connectivity index (χ0v) is 18.6. The Labute approximate surface area is 190 Å². The van der Waals surface area contributed by atoms with E-state index in [9.17, 15) is 17.6 Å². The Morgan fingerprint density at radius 1 is 0.939 bits per heavy atom. The van der Waals surface area contributed by atoms with Gasteiger partial charge in [-0.05, 0) is 43.3 Å². The summed E-state index contributed by atoms with van der Waals surface area (Å²) in [6.07, 6.45) is -0.856. The summed E-state index contributed by atoms with van der Waals surface area (Å²) in [5.41, 5.74) is 2.10. The van der Waals surface area contributed by atoms with E-state index >= 15 is 0 Å². The highest BCUT2D eigenvalue weighted by Crippen LogP contribution is 2.35. The van der Waals surface area contributed by atoms with Gasteiger partial charge >= 0.3 is 6.09 Å². The van der Waals surface area contributed by atoms with Crippen LogP contribution < -0.4 is 4.72 Å². The first-order chi connectivity index (χ1) is 15.8. The molecule has 0 unspecified atom stereocenters. The number of carbonyl (C=O) groups excluding carboxylic acids is 1. The molecule has 4 aromatic rings. The summed E-state index contributed by atoms with van der Waals surface area (Å²) in [4.78, 5) is 17.4. The van der Waals surface area contributed by atoms with Crippen LogP contribution in [0.3, 0.4) is 0 Å². The van der Waals surface area contributed by atoms with Gasteiger partial charge in [0.15, 0.2) is 11.6 Å². The molecule has 0 aliphatic carbocycles. The maximum atomic E-state index is 13.5. The van der Waals surface area contributed by atoms with Crippen molar-refractivity contribution in [1.29, 1.82) is 0 Å². The maximum Gasteiger partial charge on any atom is 0.421 e. The average molecular weight is 466 g/mol. The van der Waals surface area contributed by atoms with Gasteiger partial charge in [0.2, 0.25) is 0 Å². The molecule has 9 heteroatoms. The predicted molar refractivity (Wildman–Crippen MR) is 123 cm³/mol. The molecule has 0 amide bonds. The number of aryl methyl sites for hydroxylation is 1. The Kier molecular flexibility index (Phi) is 5.97. The van der Waals surface area contributed by atoms with Crippen molar-refractivity contribution in [3.05, 3.63) is 90.2 Å². The van der Waals surface area contributed by atoms with Crippen molar-refractivity contribution in [1.82, 2.24) is 9.55 Å². The van der Waals surface area contributed by atoms with E-state index < -0.39 is 21.9 Å². The maximum absolute atomic E-state index is 13.5. The molecule has 0 bridgehead atoms. The molecule has 0 spiro atoms. The van der Waals surface area contributed by atoms with E-state index in [0.717, 1.165) is 10.1 Å². The lowest BCUT2D eigenvalue weighted by Gasteiger charge is -2.13. The van der Waals surface area contributed by atoms with Gasteiger partial charge in [-0.25, -0.2) is 27.2 Å². The molecule has 0 radical (unpaired) electrons. The van der Waals surface area contributed by atoms with Crippen LogP contribution in [0.15, 0.2) is 83.8 Å². The minimum atomic E-state index is -4.08. The second-order valence-electron chi connectivity index (χ2n) is 7.23. The van der Waals surface area contributed by atoms with E-state index in [1.807, 2.05) is 6.92 Å². The normalized spacial score (nSPS) is 11.2. The first-order valence-electron chi connectivity index (χ1n) is 9.92. The van der Waals surface area contributed by atoms with Crippen molar-refractivity contribution >= 4 is 21.9 Å². The smallest absolute Gasteiger partial charge is 0.421 e. The molecular formula is C24H20FN3O4S. The van der Waals surface area contributed by atoms with E-state index in [1.165, 1.54) is 43.5 Å². The Bertz CT molecular complexity index is 1400. The highest BCUT2D eigenvalue weighted by atomic mass is 32.2. The largest absolute Gasteiger partial charge is 0.452 e. The highest BCUT2D eigenvalue weighted by Gasteiger charge is 2.28. The average Bonchev–Trinajstić information content (AvgIpc) is 3.18. The summed E-state index contributed by atoms with van der Waals surface area (Å²) in [6.45, 7) is 1.85. The number of nitrogens with one attached hydrogen (secondary N) is 1. The summed E-state index contributed by atoms with van der Waals surface area (Å²) in [6, 6.07) is 20.5. The van der Waals surface area contributed by atoms with Crippen molar-refractivity contribution < 1.29 is 22.3 Å². The number of hydrogen-bond donors (Lipinski definition) is 1. The lowest BCUT2D eigenvalue weighted by Crippen LogP contribution is -2.21. The zero-order valence-electron chi connectivity index (χ0n) is 17.8. The molecule has 0 aliphatic heterocycles. The van der Waals surface area contributed by atoms with Gasteiger partial charge in [-0.1, -0.05) is 48.0 Å². The second-order valence-corrected chi connectivity index (χ2v) is 8.91. The predicted octanol–water partition coefficient (Wildman–Crippen LogP) is 5.08. The van der Waals surface area contributed by atoms with E-state index in [0.29, 0.717) is 11.1 Å². The molecule has 4 rings (SSSR count). The van der Waals surface area contributed by atoms with Gasteiger partial charge in [0.25, 0.3) is 10.0 Å². The van der Waals surface area contributed by atoms with E-state index in [1.54, 1.807) is 42.5 Å². The van der Waals surface area contributed by atoms with Crippen molar-refractivity contribution in [2.24, 2.45) is 0 Å². The molecule has 1 heterocycles. The summed E-state index contributed by atoms with van der Waals surface area (Å²) in [5.74, 6) is -0.450. The number of hydrogen-bond acceptors (Lipinski definition) is 5. The molecule has 1 aromatic heterocycles. The summed E-state index contributed by atoms with van der Waals surface area (Å²) >= 11 is 0. The lowest BCUT2D eigenvalue weighted by atomic mass is 10.1. The third-order valence-electron chi connectivity index (χ3n) is 4.95. The van der Waals surface area contributed by atoms with Crippen LogP contribution in [0.2, 0.25) is 0 Å².